The van der Waals surface area contributed by atoms with E-state index in [2.05, 4.69) is 41.8 Å². The van der Waals surface area contributed by atoms with Crippen molar-refractivity contribution >= 4 is 17.3 Å². The van der Waals surface area contributed by atoms with Crippen molar-refractivity contribution in [2.24, 2.45) is 0 Å². The van der Waals surface area contributed by atoms with Crippen molar-refractivity contribution < 1.29 is 4.74 Å². The lowest BCUT2D eigenvalue weighted by atomic mass is 10.1. The van der Waals surface area contributed by atoms with Gasteiger partial charge in [0.25, 0.3) is 0 Å². The third kappa shape index (κ3) is 3.68. The van der Waals surface area contributed by atoms with Gasteiger partial charge < -0.3 is 15.4 Å². The minimum atomic E-state index is 0.240. The minimum absolute atomic E-state index is 0.240. The first-order valence-corrected chi connectivity index (χ1v) is 6.72. The van der Waals surface area contributed by atoms with Crippen LogP contribution in [-0.4, -0.2) is 30.9 Å². The molecule has 0 spiro atoms. The van der Waals surface area contributed by atoms with Gasteiger partial charge in [-0.2, -0.15) is 0 Å². The van der Waals surface area contributed by atoms with E-state index in [0.29, 0.717) is 18.6 Å². The maximum Gasteiger partial charge on any atom is 0.166 e. The zero-order chi connectivity index (χ0) is 13.0. The van der Waals surface area contributed by atoms with Gasteiger partial charge in [-0.15, -0.1) is 0 Å². The van der Waals surface area contributed by atoms with Gasteiger partial charge in [0.15, 0.2) is 5.11 Å². The minimum Gasteiger partial charge on any atom is -0.383 e. The monoisotopic (exact) mass is 264 g/mol. The molecule has 4 heteroatoms. The smallest absolute Gasteiger partial charge is 0.166 e. The molecule has 0 heterocycles. The predicted octanol–water partition coefficient (Wildman–Crippen LogP) is 2.04. The Morgan fingerprint density at radius 1 is 1.44 bits per heavy atom. The van der Waals surface area contributed by atoms with Gasteiger partial charge in [-0.25, -0.2) is 0 Å². The highest BCUT2D eigenvalue weighted by Crippen LogP contribution is 2.40. The third-order valence-electron chi connectivity index (χ3n) is 3.13. The van der Waals surface area contributed by atoms with Gasteiger partial charge in [0.05, 0.1) is 6.61 Å². The fourth-order valence-electron chi connectivity index (χ4n) is 2.15. The van der Waals surface area contributed by atoms with Gasteiger partial charge >= 0.3 is 0 Å². The van der Waals surface area contributed by atoms with E-state index in [1.807, 2.05) is 6.07 Å². The first-order chi connectivity index (χ1) is 8.70. The Kier molecular flexibility index (Phi) is 4.55. The predicted molar refractivity (Wildman–Crippen MR) is 77.8 cm³/mol. The van der Waals surface area contributed by atoms with Gasteiger partial charge in [0.2, 0.25) is 0 Å². The maximum absolute atomic E-state index is 5.29. The summed E-state index contributed by atoms with van der Waals surface area (Å²) >= 11 is 5.29. The Labute approximate surface area is 114 Å². The Bertz CT molecular complexity index is 396. The second-order valence-corrected chi connectivity index (χ2v) is 5.24. The number of methoxy groups -OCH3 is 1. The molecule has 1 fully saturated rings. The van der Waals surface area contributed by atoms with Crippen LogP contribution in [-0.2, 0) is 4.74 Å². The molecule has 0 radical (unpaired) electrons. The summed E-state index contributed by atoms with van der Waals surface area (Å²) in [6, 6.07) is 11.3. The average molecular weight is 264 g/mol. The summed E-state index contributed by atoms with van der Waals surface area (Å²) in [5.74, 6) is 0.601. The number of ether oxygens (including phenoxy) is 1. The fraction of sp³-hybridized carbons (Fsp3) is 0.500. The van der Waals surface area contributed by atoms with E-state index in [0.717, 1.165) is 11.5 Å². The molecule has 1 aliphatic carbocycles. The third-order valence-corrected chi connectivity index (χ3v) is 3.36. The first-order valence-electron chi connectivity index (χ1n) is 6.31. The number of hydrogen-bond donors (Lipinski definition) is 2. The van der Waals surface area contributed by atoms with Crippen molar-refractivity contribution in [1.29, 1.82) is 0 Å². The fourth-order valence-corrected chi connectivity index (χ4v) is 2.50. The number of rotatable bonds is 5. The van der Waals surface area contributed by atoms with Crippen LogP contribution in [0.4, 0.5) is 0 Å². The van der Waals surface area contributed by atoms with Crippen molar-refractivity contribution in [2.45, 2.75) is 31.3 Å². The summed E-state index contributed by atoms with van der Waals surface area (Å²) in [5.41, 5.74) is 1.39. The molecular weight excluding hydrogens is 244 g/mol. The summed E-state index contributed by atoms with van der Waals surface area (Å²) in [5, 5.41) is 7.30. The van der Waals surface area contributed by atoms with Gasteiger partial charge in [-0.3, -0.25) is 0 Å². The summed E-state index contributed by atoms with van der Waals surface area (Å²) in [6.45, 7) is 2.72. The molecule has 3 unspecified atom stereocenters. The molecule has 0 aromatic heterocycles. The molecule has 98 valence electrons. The highest BCUT2D eigenvalue weighted by atomic mass is 32.1. The summed E-state index contributed by atoms with van der Waals surface area (Å²) in [6.07, 6.45) is 1.16. The molecule has 3 nitrogen and oxygen atoms in total. The largest absolute Gasteiger partial charge is 0.383 e. The van der Waals surface area contributed by atoms with E-state index in [1.54, 1.807) is 7.11 Å². The van der Waals surface area contributed by atoms with Gasteiger partial charge in [-0.1, -0.05) is 30.3 Å². The molecule has 2 rings (SSSR count). The van der Waals surface area contributed by atoms with Crippen LogP contribution in [0.25, 0.3) is 0 Å². The van der Waals surface area contributed by atoms with Crippen LogP contribution in [0.2, 0.25) is 0 Å². The van der Waals surface area contributed by atoms with Crippen LogP contribution in [0.3, 0.4) is 0 Å². The number of hydrogen-bond acceptors (Lipinski definition) is 2. The van der Waals surface area contributed by atoms with E-state index in [4.69, 9.17) is 17.0 Å². The Morgan fingerprint density at radius 2 is 2.17 bits per heavy atom. The molecule has 0 saturated heterocycles. The summed E-state index contributed by atoms with van der Waals surface area (Å²) in [4.78, 5) is 0. The zero-order valence-corrected chi connectivity index (χ0v) is 11.7. The summed E-state index contributed by atoms with van der Waals surface area (Å²) < 4.78 is 5.07. The van der Waals surface area contributed by atoms with Crippen molar-refractivity contribution in [3.63, 3.8) is 0 Å². The van der Waals surface area contributed by atoms with Crippen LogP contribution in [0.1, 0.15) is 24.8 Å². The summed E-state index contributed by atoms with van der Waals surface area (Å²) in [7, 11) is 1.70. The van der Waals surface area contributed by atoms with E-state index >= 15 is 0 Å². The topological polar surface area (TPSA) is 33.3 Å². The maximum atomic E-state index is 5.29. The van der Waals surface area contributed by atoms with Crippen molar-refractivity contribution in [2.75, 3.05) is 13.7 Å². The normalized spacial score (nSPS) is 23.2. The van der Waals surface area contributed by atoms with Gasteiger partial charge in [0.1, 0.15) is 0 Å². The Hall–Kier alpha value is -1.13. The van der Waals surface area contributed by atoms with E-state index in [-0.39, 0.29) is 6.04 Å². The molecule has 3 atom stereocenters. The van der Waals surface area contributed by atoms with Crippen LogP contribution < -0.4 is 10.6 Å². The van der Waals surface area contributed by atoms with Crippen molar-refractivity contribution in [1.82, 2.24) is 10.6 Å². The molecule has 0 aliphatic heterocycles. The quantitative estimate of drug-likeness (QED) is 0.798. The second-order valence-electron chi connectivity index (χ2n) is 4.83. The average Bonchev–Trinajstić information content (AvgIpc) is 3.09. The molecular formula is C14H20N2OS. The Morgan fingerprint density at radius 3 is 2.83 bits per heavy atom. The van der Waals surface area contributed by atoms with E-state index < -0.39 is 0 Å². The molecule has 18 heavy (non-hydrogen) atoms. The van der Waals surface area contributed by atoms with Gasteiger partial charge in [-0.05, 0) is 31.1 Å². The highest BCUT2D eigenvalue weighted by molar-refractivity contribution is 7.80. The van der Waals surface area contributed by atoms with Crippen LogP contribution in [0, 0.1) is 0 Å². The van der Waals surface area contributed by atoms with Crippen LogP contribution in [0.15, 0.2) is 30.3 Å². The first kappa shape index (κ1) is 13.3. The lowest BCUT2D eigenvalue weighted by Gasteiger charge is -2.16. The number of thiocarbonyl (C=S) groups is 1. The molecule has 1 aromatic rings. The molecule has 0 bridgehead atoms. The molecule has 1 aromatic carbocycles. The number of nitrogens with one attached hydrogen (secondary N) is 2. The highest BCUT2D eigenvalue weighted by Gasteiger charge is 2.38. The molecule has 1 aliphatic rings. The number of benzene rings is 1. The lowest BCUT2D eigenvalue weighted by molar-refractivity contribution is 0.179. The van der Waals surface area contributed by atoms with Gasteiger partial charge in [0, 0.05) is 25.1 Å². The molecule has 2 N–H and O–H groups in total. The molecule has 0 amide bonds. The van der Waals surface area contributed by atoms with E-state index in [9.17, 15) is 0 Å². The van der Waals surface area contributed by atoms with E-state index in [1.165, 1.54) is 5.56 Å². The lowest BCUT2D eigenvalue weighted by Crippen LogP contribution is -2.43. The van der Waals surface area contributed by atoms with Crippen molar-refractivity contribution in [3.05, 3.63) is 35.9 Å². The van der Waals surface area contributed by atoms with Crippen molar-refractivity contribution in [3.8, 4) is 0 Å². The van der Waals surface area contributed by atoms with Crippen LogP contribution in [0.5, 0.6) is 0 Å². The SMILES string of the molecule is COCC(C)NC(=S)NC1CC1c1ccccc1. The molecule has 1 saturated carbocycles. The Balaban J connectivity index is 1.74. The zero-order valence-electron chi connectivity index (χ0n) is 10.8. The standard InChI is InChI=1S/C14H20N2OS/c1-10(9-17-2)15-14(18)16-13-8-12(13)11-6-4-3-5-7-11/h3-7,10,12-13H,8-9H2,1-2H3,(H2,15,16,18). The van der Waals surface area contributed by atoms with Crippen LogP contribution >= 0.6 is 12.2 Å². The second kappa shape index (κ2) is 6.16.